The molecule has 0 radical (unpaired) electrons. The number of hydrogen-bond acceptors (Lipinski definition) is 5. The molecule has 1 atom stereocenters. The highest BCUT2D eigenvalue weighted by Gasteiger charge is 2.22. The van der Waals surface area contributed by atoms with Crippen molar-refractivity contribution >= 4 is 34.4 Å². The van der Waals surface area contributed by atoms with E-state index in [9.17, 15) is 14.4 Å². The Morgan fingerprint density at radius 1 is 1.53 bits per heavy atom. The molecular formula is C8H10N4O4S. The third-order valence-electron chi connectivity index (χ3n) is 1.66. The van der Waals surface area contributed by atoms with Crippen molar-refractivity contribution in [3.05, 3.63) is 11.6 Å². The number of primary amides is 1. The zero-order valence-corrected chi connectivity index (χ0v) is 9.36. The quantitative estimate of drug-likeness (QED) is 0.569. The summed E-state index contributed by atoms with van der Waals surface area (Å²) >= 11 is 1.18. The molecule has 5 N–H and O–H groups in total. The van der Waals surface area contributed by atoms with E-state index in [-0.39, 0.29) is 0 Å². The van der Waals surface area contributed by atoms with E-state index in [1.54, 1.807) is 5.38 Å². The predicted molar refractivity (Wildman–Crippen MR) is 59.5 cm³/mol. The molecule has 1 rings (SSSR count). The van der Waals surface area contributed by atoms with Crippen LogP contribution in [0.3, 0.4) is 0 Å². The lowest BCUT2D eigenvalue weighted by molar-refractivity contribution is -0.140. The molecule has 0 aliphatic heterocycles. The van der Waals surface area contributed by atoms with Crippen molar-refractivity contribution < 1.29 is 19.5 Å². The van der Waals surface area contributed by atoms with Crippen LogP contribution in [0.25, 0.3) is 0 Å². The van der Waals surface area contributed by atoms with E-state index in [2.05, 4.69) is 15.6 Å². The van der Waals surface area contributed by atoms with Crippen LogP contribution >= 0.6 is 11.3 Å². The lowest BCUT2D eigenvalue weighted by Crippen LogP contribution is -2.45. The van der Waals surface area contributed by atoms with Gasteiger partial charge in [-0.15, -0.1) is 11.3 Å². The number of carboxylic acids is 1. The number of anilines is 1. The Balaban J connectivity index is 2.52. The predicted octanol–water partition coefficient (Wildman–Crippen LogP) is -0.407. The fourth-order valence-corrected chi connectivity index (χ4v) is 1.50. The van der Waals surface area contributed by atoms with Crippen LogP contribution in [0.2, 0.25) is 0 Å². The first-order valence-corrected chi connectivity index (χ1v) is 5.35. The lowest BCUT2D eigenvalue weighted by atomic mass is 10.2. The molecule has 8 nitrogen and oxygen atoms in total. The number of aliphatic carboxylic acids is 1. The third kappa shape index (κ3) is 4.47. The SMILES string of the molecule is NC(=O)C[C@@H](NC(=O)Nc1nccs1)C(=O)O. The van der Waals surface area contributed by atoms with Crippen LogP contribution in [0.4, 0.5) is 9.93 Å². The number of aromatic nitrogens is 1. The van der Waals surface area contributed by atoms with Gasteiger partial charge in [-0.05, 0) is 0 Å². The molecule has 1 heterocycles. The molecule has 0 aliphatic carbocycles. The lowest BCUT2D eigenvalue weighted by Gasteiger charge is -2.12. The van der Waals surface area contributed by atoms with Gasteiger partial charge in [0.1, 0.15) is 6.04 Å². The van der Waals surface area contributed by atoms with Crippen LogP contribution in [0.15, 0.2) is 11.6 Å². The number of thiazole rings is 1. The van der Waals surface area contributed by atoms with Crippen LogP contribution in [0, 0.1) is 0 Å². The molecule has 0 fully saturated rings. The van der Waals surface area contributed by atoms with Gasteiger partial charge < -0.3 is 16.2 Å². The van der Waals surface area contributed by atoms with E-state index in [0.29, 0.717) is 5.13 Å². The van der Waals surface area contributed by atoms with Crippen molar-refractivity contribution in [3.8, 4) is 0 Å². The smallest absolute Gasteiger partial charge is 0.326 e. The van der Waals surface area contributed by atoms with E-state index >= 15 is 0 Å². The number of nitrogens with two attached hydrogens (primary N) is 1. The minimum atomic E-state index is -1.35. The Morgan fingerprint density at radius 2 is 2.24 bits per heavy atom. The van der Waals surface area contributed by atoms with E-state index in [0.717, 1.165) is 0 Å². The normalized spacial score (nSPS) is 11.5. The Hall–Kier alpha value is -2.16. The molecule has 0 aromatic carbocycles. The maximum Gasteiger partial charge on any atom is 0.326 e. The van der Waals surface area contributed by atoms with Gasteiger partial charge in [0.25, 0.3) is 0 Å². The van der Waals surface area contributed by atoms with Crippen molar-refractivity contribution in [2.24, 2.45) is 5.73 Å². The minimum absolute atomic E-state index is 0.325. The summed E-state index contributed by atoms with van der Waals surface area (Å²) in [7, 11) is 0. The van der Waals surface area contributed by atoms with Gasteiger partial charge in [-0.1, -0.05) is 0 Å². The third-order valence-corrected chi connectivity index (χ3v) is 2.35. The minimum Gasteiger partial charge on any atom is -0.480 e. The maximum atomic E-state index is 11.3. The topological polar surface area (TPSA) is 134 Å². The van der Waals surface area contributed by atoms with Crippen LogP contribution in [0.5, 0.6) is 0 Å². The zero-order valence-electron chi connectivity index (χ0n) is 8.54. The molecule has 3 amide bonds. The first-order chi connectivity index (χ1) is 7.99. The summed E-state index contributed by atoms with van der Waals surface area (Å²) in [5.41, 5.74) is 4.86. The Kier molecular flexibility index (Phi) is 4.40. The molecule has 0 bridgehead atoms. The second kappa shape index (κ2) is 5.80. The summed E-state index contributed by atoms with van der Waals surface area (Å²) in [6, 6.07) is -2.11. The molecular weight excluding hydrogens is 248 g/mol. The summed E-state index contributed by atoms with van der Waals surface area (Å²) in [5, 5.41) is 15.1. The Bertz CT molecular complexity index is 419. The van der Waals surface area contributed by atoms with Gasteiger partial charge in [-0.2, -0.15) is 0 Å². The number of carbonyl (C=O) groups is 3. The molecule has 1 aromatic rings. The number of urea groups is 1. The van der Waals surface area contributed by atoms with Crippen molar-refractivity contribution in [1.82, 2.24) is 10.3 Å². The summed E-state index contributed by atoms with van der Waals surface area (Å²) in [6.45, 7) is 0. The van der Waals surface area contributed by atoms with Crippen molar-refractivity contribution in [2.45, 2.75) is 12.5 Å². The van der Waals surface area contributed by atoms with E-state index in [1.165, 1.54) is 17.5 Å². The highest BCUT2D eigenvalue weighted by atomic mass is 32.1. The molecule has 0 saturated heterocycles. The zero-order chi connectivity index (χ0) is 12.8. The molecule has 0 unspecified atom stereocenters. The number of rotatable bonds is 5. The Labute approximate surface area is 99.8 Å². The van der Waals surface area contributed by atoms with Crippen LogP contribution < -0.4 is 16.4 Å². The first-order valence-electron chi connectivity index (χ1n) is 4.47. The van der Waals surface area contributed by atoms with Crippen molar-refractivity contribution in [2.75, 3.05) is 5.32 Å². The molecule has 17 heavy (non-hydrogen) atoms. The van der Waals surface area contributed by atoms with E-state index < -0.39 is 30.4 Å². The average Bonchev–Trinajstić information content (AvgIpc) is 2.68. The number of hydrogen-bond donors (Lipinski definition) is 4. The summed E-state index contributed by atoms with van der Waals surface area (Å²) < 4.78 is 0. The molecule has 0 aliphatic rings. The summed E-state index contributed by atoms with van der Waals surface area (Å²) in [4.78, 5) is 36.4. The van der Waals surface area contributed by atoms with Crippen LogP contribution in [-0.4, -0.2) is 34.0 Å². The van der Waals surface area contributed by atoms with E-state index in [4.69, 9.17) is 10.8 Å². The van der Waals surface area contributed by atoms with Gasteiger partial charge in [0, 0.05) is 11.6 Å². The second-order valence-electron chi connectivity index (χ2n) is 3.00. The monoisotopic (exact) mass is 258 g/mol. The largest absolute Gasteiger partial charge is 0.480 e. The highest BCUT2D eigenvalue weighted by Crippen LogP contribution is 2.09. The standard InChI is InChI=1S/C8H10N4O4S/c9-5(13)3-4(6(14)15)11-7(16)12-8-10-1-2-17-8/h1-2,4H,3H2,(H2,9,13)(H,14,15)(H2,10,11,12,16)/t4-/m1/s1. The van der Waals surface area contributed by atoms with Crippen LogP contribution in [0.1, 0.15) is 6.42 Å². The number of amides is 3. The summed E-state index contributed by atoms with van der Waals surface area (Å²) in [6.07, 6.45) is 1.01. The van der Waals surface area contributed by atoms with Gasteiger partial charge >= 0.3 is 12.0 Å². The van der Waals surface area contributed by atoms with Crippen molar-refractivity contribution in [1.29, 1.82) is 0 Å². The summed E-state index contributed by atoms with van der Waals surface area (Å²) in [5.74, 6) is -2.15. The second-order valence-corrected chi connectivity index (χ2v) is 3.89. The number of carbonyl (C=O) groups excluding carboxylic acids is 2. The van der Waals surface area contributed by atoms with Crippen LogP contribution in [-0.2, 0) is 9.59 Å². The van der Waals surface area contributed by atoms with Gasteiger partial charge in [0.2, 0.25) is 5.91 Å². The fourth-order valence-electron chi connectivity index (χ4n) is 0.978. The van der Waals surface area contributed by atoms with Gasteiger partial charge in [0.15, 0.2) is 5.13 Å². The van der Waals surface area contributed by atoms with Gasteiger partial charge in [-0.3, -0.25) is 10.1 Å². The molecule has 0 spiro atoms. The van der Waals surface area contributed by atoms with Crippen molar-refractivity contribution in [3.63, 3.8) is 0 Å². The van der Waals surface area contributed by atoms with Gasteiger partial charge in [0.05, 0.1) is 6.42 Å². The average molecular weight is 258 g/mol. The van der Waals surface area contributed by atoms with Gasteiger partial charge in [-0.25, -0.2) is 14.6 Å². The Morgan fingerprint density at radius 3 is 2.71 bits per heavy atom. The molecule has 9 heteroatoms. The number of nitrogens with zero attached hydrogens (tertiary/aromatic N) is 1. The molecule has 1 aromatic heterocycles. The highest BCUT2D eigenvalue weighted by molar-refractivity contribution is 7.13. The number of carboxylic acid groups (broad SMARTS) is 1. The van der Waals surface area contributed by atoms with E-state index in [1.807, 2.05) is 0 Å². The molecule has 0 saturated carbocycles. The fraction of sp³-hybridized carbons (Fsp3) is 0.250. The molecule has 92 valence electrons. The number of nitrogens with one attached hydrogen (secondary N) is 2. The maximum absolute atomic E-state index is 11.3. The first kappa shape index (κ1) is 12.9.